The fraction of sp³-hybridized carbons (Fsp3) is 0.143. The molecule has 0 saturated carbocycles. The third-order valence-electron chi connectivity index (χ3n) is 2.69. The summed E-state index contributed by atoms with van der Waals surface area (Å²) in [5.41, 5.74) is -0.293. The summed E-state index contributed by atoms with van der Waals surface area (Å²) in [6.07, 6.45) is -4.50. The van der Waals surface area contributed by atoms with E-state index in [0.717, 1.165) is 17.7 Å². The van der Waals surface area contributed by atoms with Crippen molar-refractivity contribution in [2.75, 3.05) is 5.32 Å². The van der Waals surface area contributed by atoms with E-state index in [1.165, 1.54) is 0 Å². The molecule has 1 N–H and O–H groups in total. The van der Waals surface area contributed by atoms with Crippen LogP contribution >= 0.6 is 11.6 Å². The summed E-state index contributed by atoms with van der Waals surface area (Å²) in [5, 5.41) is 3.20. The number of halogens is 5. The zero-order chi connectivity index (χ0) is 14.8. The quantitative estimate of drug-likeness (QED) is 0.777. The maximum atomic E-state index is 13.5. The minimum absolute atomic E-state index is 0.185. The van der Waals surface area contributed by atoms with Crippen LogP contribution in [0.2, 0.25) is 5.02 Å². The lowest BCUT2D eigenvalue weighted by Crippen LogP contribution is -2.08. The maximum Gasteiger partial charge on any atom is 0.416 e. The van der Waals surface area contributed by atoms with Crippen LogP contribution in [0, 0.1) is 5.82 Å². The number of nitrogens with one attached hydrogen (secondary N) is 1. The average Bonchev–Trinajstić information content (AvgIpc) is 2.38. The molecule has 0 bridgehead atoms. The fourth-order valence-corrected chi connectivity index (χ4v) is 1.76. The molecular formula is C14H10ClF4N. The van der Waals surface area contributed by atoms with E-state index in [9.17, 15) is 17.6 Å². The molecule has 0 aliphatic heterocycles. The second-order valence-corrected chi connectivity index (χ2v) is 4.61. The molecule has 0 heterocycles. The molecule has 1 nitrogen and oxygen atoms in total. The van der Waals surface area contributed by atoms with Crippen LogP contribution in [0.15, 0.2) is 42.5 Å². The van der Waals surface area contributed by atoms with Crippen LogP contribution in [-0.4, -0.2) is 0 Å². The highest BCUT2D eigenvalue weighted by Gasteiger charge is 2.31. The zero-order valence-electron chi connectivity index (χ0n) is 10.1. The molecule has 0 saturated heterocycles. The van der Waals surface area contributed by atoms with Gasteiger partial charge in [0.2, 0.25) is 0 Å². The van der Waals surface area contributed by atoms with Gasteiger partial charge in [0.1, 0.15) is 5.82 Å². The van der Waals surface area contributed by atoms with Crippen molar-refractivity contribution in [3.8, 4) is 0 Å². The summed E-state index contributed by atoms with van der Waals surface area (Å²) in [4.78, 5) is 0. The first-order chi connectivity index (χ1) is 9.36. The molecule has 20 heavy (non-hydrogen) atoms. The highest BCUT2D eigenvalue weighted by Crippen LogP contribution is 2.31. The lowest BCUT2D eigenvalue weighted by molar-refractivity contribution is -0.137. The van der Waals surface area contributed by atoms with Crippen molar-refractivity contribution in [3.63, 3.8) is 0 Å². The molecule has 106 valence electrons. The molecule has 0 unspecified atom stereocenters. The van der Waals surface area contributed by atoms with E-state index in [0.29, 0.717) is 11.1 Å². The van der Waals surface area contributed by atoms with Crippen molar-refractivity contribution in [2.45, 2.75) is 12.7 Å². The molecule has 0 aliphatic rings. The number of rotatable bonds is 3. The Morgan fingerprint density at radius 1 is 1.00 bits per heavy atom. The van der Waals surface area contributed by atoms with Crippen molar-refractivity contribution >= 4 is 17.3 Å². The van der Waals surface area contributed by atoms with Crippen LogP contribution in [0.1, 0.15) is 11.1 Å². The van der Waals surface area contributed by atoms with Crippen LogP contribution in [-0.2, 0) is 12.7 Å². The Kier molecular flexibility index (Phi) is 4.18. The van der Waals surface area contributed by atoms with E-state index < -0.39 is 17.6 Å². The van der Waals surface area contributed by atoms with Crippen LogP contribution in [0.4, 0.5) is 23.2 Å². The average molecular weight is 304 g/mol. The molecule has 0 amide bonds. The van der Waals surface area contributed by atoms with E-state index in [2.05, 4.69) is 5.32 Å². The highest BCUT2D eigenvalue weighted by atomic mass is 35.5. The van der Waals surface area contributed by atoms with Crippen LogP contribution < -0.4 is 5.32 Å². The standard InChI is InChI=1S/C14H10ClF4N/c15-11-4-1-9(2-5-11)8-20-13-7-10(14(17,18)19)3-6-12(13)16/h1-7,20H,8H2. The number of anilines is 1. The molecule has 0 aliphatic carbocycles. The topological polar surface area (TPSA) is 12.0 Å². The van der Waals surface area contributed by atoms with E-state index in [-0.39, 0.29) is 12.2 Å². The molecule has 0 radical (unpaired) electrons. The Bertz CT molecular complexity index is 593. The van der Waals surface area contributed by atoms with Gasteiger partial charge in [-0.3, -0.25) is 0 Å². The monoisotopic (exact) mass is 303 g/mol. The van der Waals surface area contributed by atoms with Crippen molar-refractivity contribution < 1.29 is 17.6 Å². The second-order valence-electron chi connectivity index (χ2n) is 4.17. The van der Waals surface area contributed by atoms with Gasteiger partial charge in [-0.15, -0.1) is 0 Å². The Morgan fingerprint density at radius 2 is 1.65 bits per heavy atom. The van der Waals surface area contributed by atoms with Crippen LogP contribution in [0.25, 0.3) is 0 Å². The first kappa shape index (κ1) is 14.7. The summed E-state index contributed by atoms with van der Waals surface area (Å²) in [6.45, 7) is 0.204. The van der Waals surface area contributed by atoms with Crippen LogP contribution in [0.3, 0.4) is 0 Å². The number of hydrogen-bond acceptors (Lipinski definition) is 1. The van der Waals surface area contributed by atoms with E-state index in [1.807, 2.05) is 0 Å². The Labute approximate surface area is 118 Å². The third kappa shape index (κ3) is 3.63. The number of hydrogen-bond donors (Lipinski definition) is 1. The van der Waals surface area contributed by atoms with Gasteiger partial charge >= 0.3 is 6.18 Å². The van der Waals surface area contributed by atoms with Gasteiger partial charge in [-0.25, -0.2) is 4.39 Å². The van der Waals surface area contributed by atoms with E-state index >= 15 is 0 Å². The van der Waals surface area contributed by atoms with Crippen molar-refractivity contribution in [2.24, 2.45) is 0 Å². The Morgan fingerprint density at radius 3 is 2.25 bits per heavy atom. The number of benzene rings is 2. The van der Waals surface area contributed by atoms with Gasteiger partial charge in [-0.1, -0.05) is 23.7 Å². The van der Waals surface area contributed by atoms with Gasteiger partial charge in [-0.2, -0.15) is 13.2 Å². The van der Waals surface area contributed by atoms with Crippen molar-refractivity contribution in [3.05, 3.63) is 64.4 Å². The molecule has 0 atom stereocenters. The highest BCUT2D eigenvalue weighted by molar-refractivity contribution is 6.30. The molecular weight excluding hydrogens is 294 g/mol. The van der Waals surface area contributed by atoms with E-state index in [1.54, 1.807) is 24.3 Å². The lowest BCUT2D eigenvalue weighted by atomic mass is 10.1. The first-order valence-corrected chi connectivity index (χ1v) is 6.09. The maximum absolute atomic E-state index is 13.5. The summed E-state index contributed by atoms with van der Waals surface area (Å²) in [6, 6.07) is 8.99. The molecule has 0 fully saturated rings. The van der Waals surface area contributed by atoms with Crippen molar-refractivity contribution in [1.29, 1.82) is 0 Å². The molecule has 6 heteroatoms. The number of alkyl halides is 3. The third-order valence-corrected chi connectivity index (χ3v) is 2.94. The SMILES string of the molecule is Fc1ccc(C(F)(F)F)cc1NCc1ccc(Cl)cc1. The zero-order valence-corrected chi connectivity index (χ0v) is 10.9. The molecule has 0 spiro atoms. The second kappa shape index (κ2) is 5.71. The molecule has 2 rings (SSSR count). The smallest absolute Gasteiger partial charge is 0.379 e. The Hall–Kier alpha value is -1.75. The van der Waals surface area contributed by atoms with Gasteiger partial charge in [-0.05, 0) is 35.9 Å². The van der Waals surface area contributed by atoms with Gasteiger partial charge in [0, 0.05) is 11.6 Å². The van der Waals surface area contributed by atoms with E-state index in [4.69, 9.17) is 11.6 Å². The summed E-state index contributed by atoms with van der Waals surface area (Å²) in [5.74, 6) is -0.730. The van der Waals surface area contributed by atoms with Gasteiger partial charge in [0.25, 0.3) is 0 Å². The Balaban J connectivity index is 2.14. The molecule has 2 aromatic rings. The fourth-order valence-electron chi connectivity index (χ4n) is 1.64. The largest absolute Gasteiger partial charge is 0.416 e. The van der Waals surface area contributed by atoms with Gasteiger partial charge in [0.15, 0.2) is 0 Å². The summed E-state index contributed by atoms with van der Waals surface area (Å²) < 4.78 is 51.1. The lowest BCUT2D eigenvalue weighted by Gasteiger charge is -2.11. The molecule has 0 aromatic heterocycles. The predicted molar refractivity (Wildman–Crippen MR) is 70.2 cm³/mol. The normalized spacial score (nSPS) is 11.4. The summed E-state index contributed by atoms with van der Waals surface area (Å²) in [7, 11) is 0. The first-order valence-electron chi connectivity index (χ1n) is 5.71. The van der Waals surface area contributed by atoms with Crippen LogP contribution in [0.5, 0.6) is 0 Å². The minimum Gasteiger partial charge on any atom is -0.379 e. The van der Waals surface area contributed by atoms with Gasteiger partial charge in [0.05, 0.1) is 11.3 Å². The molecule has 2 aromatic carbocycles. The van der Waals surface area contributed by atoms with Crippen molar-refractivity contribution in [1.82, 2.24) is 0 Å². The minimum atomic E-state index is -4.50. The summed E-state index contributed by atoms with van der Waals surface area (Å²) >= 11 is 5.72. The predicted octanol–water partition coefficient (Wildman–Crippen LogP) is 5.11. The van der Waals surface area contributed by atoms with Gasteiger partial charge < -0.3 is 5.32 Å².